The van der Waals surface area contributed by atoms with Gasteiger partial charge >= 0.3 is 0 Å². The number of benzene rings is 2. The molecule has 210 valence electrons. The number of ketones is 1. The van der Waals surface area contributed by atoms with Crippen molar-refractivity contribution in [2.45, 2.75) is 72.6 Å². The van der Waals surface area contributed by atoms with E-state index in [2.05, 4.69) is 74.0 Å². The summed E-state index contributed by atoms with van der Waals surface area (Å²) in [5, 5.41) is 16.8. The van der Waals surface area contributed by atoms with Gasteiger partial charge < -0.3 is 0 Å². The molecular formula is C36H41N4O+. The molecule has 0 spiro atoms. The van der Waals surface area contributed by atoms with Crippen molar-refractivity contribution in [2.75, 3.05) is 7.05 Å². The Morgan fingerprint density at radius 2 is 1.85 bits per heavy atom. The van der Waals surface area contributed by atoms with E-state index in [1.807, 2.05) is 36.7 Å². The van der Waals surface area contributed by atoms with Gasteiger partial charge in [-0.05, 0) is 107 Å². The van der Waals surface area contributed by atoms with Gasteiger partial charge in [-0.25, -0.2) is 4.68 Å². The molecule has 41 heavy (non-hydrogen) atoms. The van der Waals surface area contributed by atoms with Crippen LogP contribution in [0.15, 0.2) is 60.3 Å². The first kappa shape index (κ1) is 28.5. The monoisotopic (exact) mass is 545 g/mol. The van der Waals surface area contributed by atoms with Crippen molar-refractivity contribution in [3.8, 4) is 23.0 Å². The third-order valence-corrected chi connectivity index (χ3v) is 8.92. The maximum atomic E-state index is 13.9. The number of nitrogens with zero attached hydrogens (tertiary/aromatic N) is 4. The van der Waals surface area contributed by atoms with Gasteiger partial charge in [-0.2, -0.15) is 14.9 Å². The maximum Gasteiger partial charge on any atom is 0.213 e. The van der Waals surface area contributed by atoms with Crippen molar-refractivity contribution >= 4 is 11.9 Å². The van der Waals surface area contributed by atoms with Crippen LogP contribution in [0, 0.1) is 37.0 Å². The van der Waals surface area contributed by atoms with Gasteiger partial charge in [0.25, 0.3) is 0 Å². The summed E-state index contributed by atoms with van der Waals surface area (Å²) in [7, 11) is 2.08. The predicted molar refractivity (Wildman–Crippen MR) is 166 cm³/mol. The Kier molecular flexibility index (Phi) is 8.49. The number of hydrogen-bond acceptors (Lipinski definition) is 3. The van der Waals surface area contributed by atoms with Crippen LogP contribution in [0.2, 0.25) is 0 Å². The molecule has 5 rings (SSSR count). The quantitative estimate of drug-likeness (QED) is 0.200. The Balaban J connectivity index is 1.54. The predicted octanol–water partition coefficient (Wildman–Crippen LogP) is 6.58. The van der Waals surface area contributed by atoms with E-state index in [0.29, 0.717) is 29.5 Å². The first-order valence-corrected chi connectivity index (χ1v) is 15.0. The number of allylic oxidation sites excluding steroid dienone is 4. The van der Waals surface area contributed by atoms with Gasteiger partial charge in [-0.15, -0.1) is 0 Å². The fourth-order valence-corrected chi connectivity index (χ4v) is 6.64. The van der Waals surface area contributed by atoms with Gasteiger partial charge in [0.1, 0.15) is 12.7 Å². The number of aromatic nitrogens is 2. The highest BCUT2D eigenvalue weighted by molar-refractivity contribution is 5.97. The number of rotatable bonds is 6. The van der Waals surface area contributed by atoms with E-state index in [9.17, 15) is 10.1 Å². The number of carbonyl (C=O) groups excluding carboxylic acids is 1. The molecule has 1 aliphatic heterocycles. The molecular weight excluding hydrogens is 504 g/mol. The Morgan fingerprint density at radius 1 is 1.10 bits per heavy atom. The summed E-state index contributed by atoms with van der Waals surface area (Å²) in [6.45, 7) is 8.13. The molecule has 1 aromatic heterocycles. The van der Waals surface area contributed by atoms with Crippen molar-refractivity contribution in [3.05, 3.63) is 93.3 Å². The van der Waals surface area contributed by atoms with Gasteiger partial charge in [-0.3, -0.25) is 4.79 Å². The smallest absolute Gasteiger partial charge is 0.213 e. The molecule has 0 N–H and O–H groups in total. The number of carbonyl (C=O) groups is 1. The largest absolute Gasteiger partial charge is 0.292 e. The van der Waals surface area contributed by atoms with Crippen molar-refractivity contribution in [1.29, 1.82) is 5.26 Å². The number of hydrogen-bond donors (Lipinski definition) is 0. The van der Waals surface area contributed by atoms with Crippen LogP contribution in [0.25, 0.3) is 23.0 Å². The second-order valence-corrected chi connectivity index (χ2v) is 11.7. The second kappa shape index (κ2) is 12.2. The lowest BCUT2D eigenvalue weighted by atomic mass is 9.83. The molecule has 2 heterocycles. The molecule has 3 aromatic rings. The molecule has 0 bridgehead atoms. The number of nitriles is 1. The van der Waals surface area contributed by atoms with E-state index >= 15 is 0 Å². The minimum Gasteiger partial charge on any atom is -0.292 e. The van der Waals surface area contributed by atoms with Crippen LogP contribution in [0.4, 0.5) is 0 Å². The van der Waals surface area contributed by atoms with Crippen molar-refractivity contribution in [2.24, 2.45) is 11.8 Å². The topological polar surface area (TPSA) is 61.7 Å². The zero-order valence-corrected chi connectivity index (χ0v) is 25.1. The lowest BCUT2D eigenvalue weighted by Gasteiger charge is -2.22. The van der Waals surface area contributed by atoms with Crippen LogP contribution in [0.1, 0.15) is 86.0 Å². The van der Waals surface area contributed by atoms with E-state index in [-0.39, 0.29) is 5.78 Å². The van der Waals surface area contributed by atoms with Crippen molar-refractivity contribution < 1.29 is 4.79 Å². The molecule has 5 nitrogen and oxygen atoms in total. The lowest BCUT2D eigenvalue weighted by molar-refractivity contribution is 0.0946. The van der Waals surface area contributed by atoms with Gasteiger partial charge in [0.15, 0.2) is 5.78 Å². The Hall–Kier alpha value is -4.04. The van der Waals surface area contributed by atoms with E-state index < -0.39 is 0 Å². The zero-order valence-electron chi connectivity index (χ0n) is 25.1. The molecule has 2 aromatic carbocycles. The summed E-state index contributed by atoms with van der Waals surface area (Å²) in [5.41, 5.74) is 6.98. The SMILES string of the molecule is CC=CC1CCCC(CC(=O)c2nn(-c3ccc(C#N)c(C)c3)c(-c3ccc4c(c3)=CC(=CC)[N+]=4C)c2C)CCC1. The molecule has 0 saturated heterocycles. The van der Waals surface area contributed by atoms with E-state index in [4.69, 9.17) is 5.10 Å². The molecule has 0 amide bonds. The third-order valence-electron chi connectivity index (χ3n) is 8.92. The van der Waals surface area contributed by atoms with Crippen molar-refractivity contribution in [3.63, 3.8) is 0 Å². The lowest BCUT2D eigenvalue weighted by Crippen LogP contribution is -2.30. The van der Waals surface area contributed by atoms with Crippen LogP contribution < -0.4 is 15.2 Å². The number of aryl methyl sites for hydroxylation is 1. The molecule has 0 radical (unpaired) electrons. The van der Waals surface area contributed by atoms with Gasteiger partial charge in [0.05, 0.1) is 28.2 Å². The van der Waals surface area contributed by atoms with Crippen LogP contribution in [-0.4, -0.2) is 22.6 Å². The first-order valence-electron chi connectivity index (χ1n) is 15.0. The van der Waals surface area contributed by atoms with Crippen LogP contribution >= 0.6 is 0 Å². The van der Waals surface area contributed by atoms with Crippen LogP contribution in [-0.2, 0) is 0 Å². The fourth-order valence-electron chi connectivity index (χ4n) is 6.64. The summed E-state index contributed by atoms with van der Waals surface area (Å²) < 4.78 is 4.10. The summed E-state index contributed by atoms with van der Waals surface area (Å²) in [6.07, 6.45) is 16.3. The molecule has 2 aliphatic rings. The summed E-state index contributed by atoms with van der Waals surface area (Å²) in [4.78, 5) is 13.9. The first-order chi connectivity index (χ1) is 19.8. The molecule has 5 heteroatoms. The van der Waals surface area contributed by atoms with Gasteiger partial charge in [0, 0.05) is 29.7 Å². The Bertz CT molecular complexity index is 1700. The molecule has 1 aliphatic carbocycles. The molecule has 0 unspecified atom stereocenters. The summed E-state index contributed by atoms with van der Waals surface area (Å²) in [5.74, 6) is 1.22. The van der Waals surface area contributed by atoms with E-state index in [1.54, 1.807) is 0 Å². The van der Waals surface area contributed by atoms with Gasteiger partial charge in [-0.1, -0.05) is 25.0 Å². The highest BCUT2D eigenvalue weighted by Gasteiger charge is 2.26. The molecule has 0 atom stereocenters. The van der Waals surface area contributed by atoms with E-state index in [0.717, 1.165) is 57.2 Å². The molecule has 1 fully saturated rings. The number of Topliss-reactive ketones (excluding diaryl/α,β-unsaturated/α-hetero) is 1. The zero-order chi connectivity index (χ0) is 29.1. The minimum absolute atomic E-state index is 0.132. The fraction of sp³-hybridized carbons (Fsp3) is 0.389. The minimum atomic E-state index is 0.132. The average molecular weight is 546 g/mol. The highest BCUT2D eigenvalue weighted by atomic mass is 16.1. The van der Waals surface area contributed by atoms with E-state index in [1.165, 1.54) is 25.7 Å². The number of fused-ring (bicyclic) bond motifs is 1. The molecule has 1 saturated carbocycles. The van der Waals surface area contributed by atoms with Crippen molar-refractivity contribution in [1.82, 2.24) is 14.4 Å². The standard InChI is InChI=1S/C36H41N4O/c1-6-10-26-11-8-13-27(14-9-12-26)20-34(41)35-25(4)36(40(38-35)32-17-15-29(23-37)24(3)19-32)28-16-18-33-30(21-28)22-31(7-2)39(33)5/h6-7,10,15-19,21-22,26-27H,8-9,11-14,20H2,1-5H3/q+1. The van der Waals surface area contributed by atoms with Gasteiger partial charge in [0.2, 0.25) is 11.1 Å². The second-order valence-electron chi connectivity index (χ2n) is 11.7. The highest BCUT2D eigenvalue weighted by Crippen LogP contribution is 2.33. The Morgan fingerprint density at radius 3 is 2.51 bits per heavy atom. The van der Waals surface area contributed by atoms with Crippen LogP contribution in [0.5, 0.6) is 0 Å². The maximum absolute atomic E-state index is 13.9. The van der Waals surface area contributed by atoms with Crippen LogP contribution in [0.3, 0.4) is 0 Å². The Labute approximate surface area is 243 Å². The normalized spacial score (nSPS) is 20.0. The summed E-state index contributed by atoms with van der Waals surface area (Å²) >= 11 is 0. The average Bonchev–Trinajstić information content (AvgIpc) is 3.47. The third kappa shape index (κ3) is 5.75. The summed E-state index contributed by atoms with van der Waals surface area (Å²) in [6, 6.07) is 14.5.